The van der Waals surface area contributed by atoms with Crippen LogP contribution in [0.1, 0.15) is 64.2 Å². The summed E-state index contributed by atoms with van der Waals surface area (Å²) in [6.45, 7) is 4.02. The minimum Gasteiger partial charge on any atom is -0.303 e. The first-order valence-electron chi connectivity index (χ1n) is 7.68. The van der Waals surface area contributed by atoms with E-state index in [4.69, 9.17) is 12.6 Å². The maximum Gasteiger partial charge on any atom is 0.00458 e. The molecule has 0 spiro atoms. The van der Waals surface area contributed by atoms with Crippen molar-refractivity contribution in [3.63, 3.8) is 0 Å². The fourth-order valence-corrected chi connectivity index (χ4v) is 4.03. The highest BCUT2D eigenvalue weighted by molar-refractivity contribution is 7.80. The van der Waals surface area contributed by atoms with Crippen LogP contribution < -0.4 is 0 Å². The SMILES string of the molecule is SCC1(CN2CCCCCC2)CCCCCC1. The van der Waals surface area contributed by atoms with E-state index in [0.29, 0.717) is 5.41 Å². The average molecular weight is 255 g/mol. The van der Waals surface area contributed by atoms with E-state index >= 15 is 0 Å². The number of nitrogens with zero attached hydrogens (tertiary/aromatic N) is 1. The van der Waals surface area contributed by atoms with E-state index in [1.54, 1.807) is 0 Å². The van der Waals surface area contributed by atoms with E-state index in [-0.39, 0.29) is 0 Å². The summed E-state index contributed by atoms with van der Waals surface area (Å²) in [5.41, 5.74) is 0.546. The summed E-state index contributed by atoms with van der Waals surface area (Å²) < 4.78 is 0. The van der Waals surface area contributed by atoms with Crippen molar-refractivity contribution in [1.82, 2.24) is 4.90 Å². The first kappa shape index (κ1) is 13.7. The molecule has 17 heavy (non-hydrogen) atoms. The van der Waals surface area contributed by atoms with E-state index in [1.807, 2.05) is 0 Å². The molecule has 1 aliphatic heterocycles. The van der Waals surface area contributed by atoms with Gasteiger partial charge < -0.3 is 4.90 Å². The molecule has 2 heteroatoms. The van der Waals surface area contributed by atoms with Crippen molar-refractivity contribution >= 4 is 12.6 Å². The zero-order chi connectivity index (χ0) is 12.0. The van der Waals surface area contributed by atoms with Gasteiger partial charge in [-0.15, -0.1) is 0 Å². The third-order valence-electron chi connectivity index (χ3n) is 4.76. The van der Waals surface area contributed by atoms with Crippen molar-refractivity contribution in [1.29, 1.82) is 0 Å². The molecule has 0 atom stereocenters. The lowest BCUT2D eigenvalue weighted by molar-refractivity contribution is 0.154. The molecule has 1 saturated carbocycles. The summed E-state index contributed by atoms with van der Waals surface area (Å²) in [6, 6.07) is 0. The average Bonchev–Trinajstić information content (AvgIpc) is 2.73. The molecule has 2 rings (SSSR count). The van der Waals surface area contributed by atoms with Gasteiger partial charge in [-0.3, -0.25) is 0 Å². The number of hydrogen-bond acceptors (Lipinski definition) is 2. The third-order valence-corrected chi connectivity index (χ3v) is 5.43. The molecule has 0 amide bonds. The maximum absolute atomic E-state index is 4.70. The van der Waals surface area contributed by atoms with Gasteiger partial charge in [-0.05, 0) is 49.9 Å². The van der Waals surface area contributed by atoms with E-state index in [1.165, 1.54) is 83.8 Å². The molecule has 2 aliphatic rings. The second-order valence-corrected chi connectivity index (χ2v) is 6.58. The summed E-state index contributed by atoms with van der Waals surface area (Å²) in [6.07, 6.45) is 14.4. The largest absolute Gasteiger partial charge is 0.303 e. The Morgan fingerprint density at radius 2 is 1.29 bits per heavy atom. The second kappa shape index (κ2) is 7.04. The summed E-state index contributed by atoms with van der Waals surface area (Å²) in [7, 11) is 0. The van der Waals surface area contributed by atoms with Crippen molar-refractivity contribution in [3.8, 4) is 0 Å². The molecule has 0 aromatic heterocycles. The minimum atomic E-state index is 0.546. The van der Waals surface area contributed by atoms with Crippen LogP contribution in [0, 0.1) is 5.41 Å². The van der Waals surface area contributed by atoms with Gasteiger partial charge in [0.2, 0.25) is 0 Å². The molecule has 1 heterocycles. The van der Waals surface area contributed by atoms with Gasteiger partial charge in [0, 0.05) is 6.54 Å². The Morgan fingerprint density at radius 1 is 0.765 bits per heavy atom. The van der Waals surface area contributed by atoms with E-state index in [2.05, 4.69) is 4.90 Å². The molecule has 0 N–H and O–H groups in total. The van der Waals surface area contributed by atoms with Gasteiger partial charge in [0.15, 0.2) is 0 Å². The van der Waals surface area contributed by atoms with Crippen molar-refractivity contribution in [2.75, 3.05) is 25.4 Å². The molecule has 0 radical (unpaired) electrons. The Kier molecular flexibility index (Phi) is 5.68. The molecular weight excluding hydrogens is 226 g/mol. The van der Waals surface area contributed by atoms with Crippen molar-refractivity contribution in [2.24, 2.45) is 5.41 Å². The number of rotatable bonds is 3. The van der Waals surface area contributed by atoms with Crippen LogP contribution in [0.25, 0.3) is 0 Å². The van der Waals surface area contributed by atoms with Gasteiger partial charge >= 0.3 is 0 Å². The lowest BCUT2D eigenvalue weighted by Crippen LogP contribution is -2.39. The number of hydrogen-bond donors (Lipinski definition) is 1. The quantitative estimate of drug-likeness (QED) is 0.586. The fraction of sp³-hybridized carbons (Fsp3) is 1.00. The van der Waals surface area contributed by atoms with Crippen LogP contribution >= 0.6 is 12.6 Å². The van der Waals surface area contributed by atoms with Crippen LogP contribution in [-0.4, -0.2) is 30.3 Å². The molecule has 0 unspecified atom stereocenters. The third kappa shape index (κ3) is 4.17. The Bertz CT molecular complexity index is 201. The standard InChI is InChI=1S/C15H29NS/c17-14-15(9-5-1-2-6-10-15)13-16-11-7-3-4-8-12-16/h17H,1-14H2. The van der Waals surface area contributed by atoms with Crippen LogP contribution in [0.2, 0.25) is 0 Å². The predicted molar refractivity (Wildman–Crippen MR) is 78.9 cm³/mol. The maximum atomic E-state index is 4.70. The molecule has 2 fully saturated rings. The smallest absolute Gasteiger partial charge is 0.00458 e. The summed E-state index contributed by atoms with van der Waals surface area (Å²) in [5.74, 6) is 1.10. The predicted octanol–water partition coefficient (Wildman–Crippen LogP) is 4.13. The Labute approximate surface area is 113 Å². The number of thiol groups is 1. The van der Waals surface area contributed by atoms with Gasteiger partial charge in [-0.2, -0.15) is 12.6 Å². The molecule has 0 bridgehead atoms. The molecule has 1 saturated heterocycles. The summed E-state index contributed by atoms with van der Waals surface area (Å²) in [5, 5.41) is 0. The van der Waals surface area contributed by atoms with Crippen LogP contribution in [0.5, 0.6) is 0 Å². The van der Waals surface area contributed by atoms with Crippen molar-refractivity contribution in [3.05, 3.63) is 0 Å². The van der Waals surface area contributed by atoms with Crippen LogP contribution in [-0.2, 0) is 0 Å². The van der Waals surface area contributed by atoms with E-state index in [9.17, 15) is 0 Å². The van der Waals surface area contributed by atoms with Gasteiger partial charge in [0.1, 0.15) is 0 Å². The summed E-state index contributed by atoms with van der Waals surface area (Å²) in [4.78, 5) is 2.74. The monoisotopic (exact) mass is 255 g/mol. The molecule has 0 aromatic rings. The Morgan fingerprint density at radius 3 is 1.82 bits per heavy atom. The fourth-order valence-electron chi connectivity index (χ4n) is 3.61. The van der Waals surface area contributed by atoms with Crippen molar-refractivity contribution < 1.29 is 0 Å². The Hall–Kier alpha value is 0.310. The first-order chi connectivity index (χ1) is 8.35. The van der Waals surface area contributed by atoms with Crippen LogP contribution in [0.3, 0.4) is 0 Å². The Balaban J connectivity index is 1.91. The first-order valence-corrected chi connectivity index (χ1v) is 8.31. The molecule has 100 valence electrons. The van der Waals surface area contributed by atoms with Crippen LogP contribution in [0.15, 0.2) is 0 Å². The zero-order valence-electron chi connectivity index (χ0n) is 11.3. The lowest BCUT2D eigenvalue weighted by Gasteiger charge is -2.36. The van der Waals surface area contributed by atoms with Crippen molar-refractivity contribution in [2.45, 2.75) is 64.2 Å². The highest BCUT2D eigenvalue weighted by Crippen LogP contribution is 2.37. The van der Waals surface area contributed by atoms with Gasteiger partial charge in [0.05, 0.1) is 0 Å². The van der Waals surface area contributed by atoms with Gasteiger partial charge in [-0.25, -0.2) is 0 Å². The minimum absolute atomic E-state index is 0.546. The molecule has 0 aromatic carbocycles. The highest BCUT2D eigenvalue weighted by atomic mass is 32.1. The van der Waals surface area contributed by atoms with Crippen LogP contribution in [0.4, 0.5) is 0 Å². The lowest BCUT2D eigenvalue weighted by atomic mass is 9.81. The van der Waals surface area contributed by atoms with E-state index < -0.39 is 0 Å². The number of likely N-dealkylation sites (tertiary alicyclic amines) is 1. The summed E-state index contributed by atoms with van der Waals surface area (Å²) >= 11 is 4.70. The molecular formula is C15H29NS. The zero-order valence-corrected chi connectivity index (χ0v) is 12.2. The van der Waals surface area contributed by atoms with Gasteiger partial charge in [-0.1, -0.05) is 38.5 Å². The highest BCUT2D eigenvalue weighted by Gasteiger charge is 2.31. The topological polar surface area (TPSA) is 3.24 Å². The normalized spacial score (nSPS) is 27.4. The molecule has 1 nitrogen and oxygen atoms in total. The van der Waals surface area contributed by atoms with Gasteiger partial charge in [0.25, 0.3) is 0 Å². The van der Waals surface area contributed by atoms with E-state index in [0.717, 1.165) is 5.75 Å². The molecule has 1 aliphatic carbocycles. The second-order valence-electron chi connectivity index (χ2n) is 6.26.